The van der Waals surface area contributed by atoms with E-state index >= 15 is 0 Å². The Balaban J connectivity index is 1.81. The van der Waals surface area contributed by atoms with Crippen molar-refractivity contribution in [1.29, 1.82) is 5.26 Å². The van der Waals surface area contributed by atoms with Gasteiger partial charge in [-0.05, 0) is 76.5 Å². The summed E-state index contributed by atoms with van der Waals surface area (Å²) in [6.45, 7) is 1.74. The lowest BCUT2D eigenvalue weighted by Gasteiger charge is -2.14. The monoisotopic (exact) mass is 544 g/mol. The minimum absolute atomic E-state index is 0.206. The highest BCUT2D eigenvalue weighted by Gasteiger charge is 2.15. The van der Waals surface area contributed by atoms with E-state index in [1.807, 2.05) is 31.2 Å². The largest absolute Gasteiger partial charge is 0.493 e. The van der Waals surface area contributed by atoms with Gasteiger partial charge in [0.2, 0.25) is 0 Å². The highest BCUT2D eigenvalue weighted by Crippen LogP contribution is 2.38. The molecule has 33 heavy (non-hydrogen) atoms. The van der Waals surface area contributed by atoms with Crippen LogP contribution in [-0.2, 0) is 4.79 Å². The molecule has 0 fully saturated rings. The molecule has 0 aliphatic rings. The van der Waals surface area contributed by atoms with E-state index in [4.69, 9.17) is 32.7 Å². The van der Waals surface area contributed by atoms with Crippen molar-refractivity contribution in [2.45, 2.75) is 6.92 Å². The summed E-state index contributed by atoms with van der Waals surface area (Å²) in [4.78, 5) is 12.3. The van der Waals surface area contributed by atoms with Crippen LogP contribution < -0.4 is 14.8 Å². The lowest BCUT2D eigenvalue weighted by molar-refractivity contribution is -0.118. The van der Waals surface area contributed by atoms with E-state index in [0.29, 0.717) is 48.4 Å². The fraction of sp³-hybridized carbons (Fsp3) is 0.120. The maximum absolute atomic E-state index is 12.3. The van der Waals surface area contributed by atoms with Crippen molar-refractivity contribution in [2.75, 3.05) is 19.0 Å². The Morgan fingerprint density at radius 3 is 2.64 bits per heavy atom. The average Bonchev–Trinajstić information content (AvgIpc) is 2.76. The van der Waals surface area contributed by atoms with Crippen molar-refractivity contribution in [2.24, 2.45) is 0 Å². The maximum Gasteiger partial charge on any atom is 0.262 e. The summed E-state index contributed by atoms with van der Waals surface area (Å²) >= 11 is 15.7. The molecule has 0 aliphatic carbocycles. The minimum atomic E-state index is -0.303. The molecule has 0 heterocycles. The first-order valence-corrected chi connectivity index (χ1v) is 11.3. The number of aryl methyl sites for hydroxylation is 1. The van der Waals surface area contributed by atoms with Crippen LogP contribution in [0, 0.1) is 18.3 Å². The van der Waals surface area contributed by atoms with Gasteiger partial charge in [-0.2, -0.15) is 5.26 Å². The lowest BCUT2D eigenvalue weighted by Crippen LogP contribution is -2.20. The number of ether oxygens (including phenoxy) is 2. The normalized spacial score (nSPS) is 11.0. The number of carbonyl (C=O) groups excluding carboxylic acids is 1. The lowest BCUT2D eigenvalue weighted by atomic mass is 10.0. The van der Waals surface area contributed by atoms with E-state index in [9.17, 15) is 10.1 Å². The molecule has 0 atom stereocenters. The van der Waals surface area contributed by atoms with Gasteiger partial charge in [0.25, 0.3) is 5.91 Å². The summed E-state index contributed by atoms with van der Waals surface area (Å²) in [6, 6.07) is 18.1. The standard InChI is InChI=1S/C25H19BrCl2N2O3/c1-15-4-3-5-19(8-15)30-24(31)14-33-25-21(26)10-16(11-23(25)32-2)9-17(13-29)20-7-6-18(27)12-22(20)28/h3-12H,14H2,1-2H3,(H,30,31)/b17-9+. The van der Waals surface area contributed by atoms with Crippen LogP contribution in [0.25, 0.3) is 11.6 Å². The fourth-order valence-corrected chi connectivity index (χ4v) is 4.15. The number of nitriles is 1. The quantitative estimate of drug-likeness (QED) is 0.252. The Labute approximate surface area is 210 Å². The van der Waals surface area contributed by atoms with Gasteiger partial charge < -0.3 is 14.8 Å². The average molecular weight is 546 g/mol. The minimum Gasteiger partial charge on any atom is -0.493 e. The molecule has 3 aromatic carbocycles. The number of hydrogen-bond donors (Lipinski definition) is 1. The molecule has 0 saturated carbocycles. The number of allylic oxidation sites excluding steroid dienone is 1. The number of rotatable bonds is 7. The Hall–Kier alpha value is -2.98. The summed E-state index contributed by atoms with van der Waals surface area (Å²) in [5, 5.41) is 13.3. The van der Waals surface area contributed by atoms with Crippen LogP contribution in [0.15, 0.2) is 59.1 Å². The summed E-state index contributed by atoms with van der Waals surface area (Å²) in [5.74, 6) is 0.471. The van der Waals surface area contributed by atoms with Gasteiger partial charge in [-0.15, -0.1) is 0 Å². The van der Waals surface area contributed by atoms with Crippen molar-refractivity contribution < 1.29 is 14.3 Å². The zero-order valence-electron chi connectivity index (χ0n) is 17.8. The third kappa shape index (κ3) is 6.52. The smallest absolute Gasteiger partial charge is 0.262 e. The zero-order chi connectivity index (χ0) is 24.0. The number of anilines is 1. The molecule has 8 heteroatoms. The van der Waals surface area contributed by atoms with Crippen LogP contribution in [0.4, 0.5) is 5.69 Å². The predicted molar refractivity (Wildman–Crippen MR) is 136 cm³/mol. The first kappa shape index (κ1) is 24.7. The second-order valence-corrected chi connectivity index (χ2v) is 8.73. The number of carbonyl (C=O) groups is 1. The highest BCUT2D eigenvalue weighted by molar-refractivity contribution is 9.10. The van der Waals surface area contributed by atoms with Crippen LogP contribution in [0.5, 0.6) is 11.5 Å². The summed E-state index contributed by atoms with van der Waals surface area (Å²) in [6.07, 6.45) is 1.68. The van der Waals surface area contributed by atoms with Crippen LogP contribution in [0.1, 0.15) is 16.7 Å². The Morgan fingerprint density at radius 1 is 1.18 bits per heavy atom. The Bertz CT molecular complexity index is 1270. The number of halogens is 3. The van der Waals surface area contributed by atoms with Crippen LogP contribution in [0.2, 0.25) is 10.0 Å². The third-order valence-corrected chi connectivity index (χ3v) is 5.69. The molecule has 0 aromatic heterocycles. The van der Waals surface area contributed by atoms with Crippen molar-refractivity contribution in [3.05, 3.63) is 85.8 Å². The molecular formula is C25H19BrCl2N2O3. The van der Waals surface area contributed by atoms with E-state index in [-0.39, 0.29) is 12.5 Å². The molecule has 1 amide bonds. The molecular weight excluding hydrogens is 527 g/mol. The molecule has 1 N–H and O–H groups in total. The van der Waals surface area contributed by atoms with E-state index in [1.165, 1.54) is 7.11 Å². The predicted octanol–water partition coefficient (Wildman–Crippen LogP) is 7.15. The molecule has 0 spiro atoms. The van der Waals surface area contributed by atoms with Gasteiger partial charge in [0, 0.05) is 16.3 Å². The van der Waals surface area contributed by atoms with Gasteiger partial charge in [0.15, 0.2) is 18.1 Å². The molecule has 0 unspecified atom stereocenters. The van der Waals surface area contributed by atoms with E-state index < -0.39 is 0 Å². The summed E-state index contributed by atoms with van der Waals surface area (Å²) in [5.41, 5.74) is 3.33. The molecule has 0 aliphatic heterocycles. The zero-order valence-corrected chi connectivity index (χ0v) is 20.9. The number of hydrogen-bond acceptors (Lipinski definition) is 4. The second-order valence-electron chi connectivity index (χ2n) is 7.03. The summed E-state index contributed by atoms with van der Waals surface area (Å²) in [7, 11) is 1.50. The highest BCUT2D eigenvalue weighted by atomic mass is 79.9. The van der Waals surface area contributed by atoms with Gasteiger partial charge in [-0.25, -0.2) is 0 Å². The van der Waals surface area contributed by atoms with Crippen LogP contribution in [-0.4, -0.2) is 19.6 Å². The molecule has 0 radical (unpaired) electrons. The van der Waals surface area contributed by atoms with Crippen LogP contribution in [0.3, 0.4) is 0 Å². The van der Waals surface area contributed by atoms with Gasteiger partial charge in [0.1, 0.15) is 0 Å². The molecule has 3 aromatic rings. The second kappa shape index (κ2) is 11.2. The van der Waals surface area contributed by atoms with Crippen molar-refractivity contribution >= 4 is 62.4 Å². The topological polar surface area (TPSA) is 71.3 Å². The summed E-state index contributed by atoms with van der Waals surface area (Å²) < 4.78 is 11.7. The Morgan fingerprint density at radius 2 is 1.97 bits per heavy atom. The van der Waals surface area contributed by atoms with Crippen molar-refractivity contribution in [1.82, 2.24) is 0 Å². The number of nitrogens with zero attached hydrogens (tertiary/aromatic N) is 1. The number of methoxy groups -OCH3 is 1. The number of benzene rings is 3. The first-order valence-electron chi connectivity index (χ1n) is 9.74. The molecule has 0 saturated heterocycles. The fourth-order valence-electron chi connectivity index (χ4n) is 3.07. The molecule has 0 bridgehead atoms. The van der Waals surface area contributed by atoms with Crippen molar-refractivity contribution in [3.63, 3.8) is 0 Å². The molecule has 168 valence electrons. The van der Waals surface area contributed by atoms with E-state index in [1.54, 1.807) is 36.4 Å². The van der Waals surface area contributed by atoms with Gasteiger partial charge >= 0.3 is 0 Å². The van der Waals surface area contributed by atoms with Crippen LogP contribution >= 0.6 is 39.1 Å². The Kier molecular flexibility index (Phi) is 8.40. The van der Waals surface area contributed by atoms with Gasteiger partial charge in [-0.3, -0.25) is 4.79 Å². The van der Waals surface area contributed by atoms with Gasteiger partial charge in [-0.1, -0.05) is 41.4 Å². The maximum atomic E-state index is 12.3. The third-order valence-electron chi connectivity index (χ3n) is 4.55. The molecule has 3 rings (SSSR count). The van der Waals surface area contributed by atoms with Crippen molar-refractivity contribution in [3.8, 4) is 17.6 Å². The van der Waals surface area contributed by atoms with Gasteiger partial charge in [0.05, 0.1) is 28.2 Å². The van der Waals surface area contributed by atoms with E-state index in [0.717, 1.165) is 5.56 Å². The SMILES string of the molecule is COc1cc(/C=C(\C#N)c2ccc(Cl)cc2Cl)cc(Br)c1OCC(=O)Nc1cccc(C)c1. The first-order chi connectivity index (χ1) is 15.8. The number of amides is 1. The molecule has 5 nitrogen and oxygen atoms in total. The number of nitrogens with one attached hydrogen (secondary N) is 1. The van der Waals surface area contributed by atoms with E-state index in [2.05, 4.69) is 27.3 Å².